The van der Waals surface area contributed by atoms with Gasteiger partial charge in [0.25, 0.3) is 0 Å². The molecule has 0 amide bonds. The quantitative estimate of drug-likeness (QED) is 0.861. The van der Waals surface area contributed by atoms with E-state index in [1.165, 1.54) is 5.56 Å². The monoisotopic (exact) mass is 333 g/mol. The van der Waals surface area contributed by atoms with Gasteiger partial charge in [0.1, 0.15) is 5.60 Å². The number of ether oxygens (including phenoxy) is 2. The van der Waals surface area contributed by atoms with Crippen molar-refractivity contribution >= 4 is 11.3 Å². The van der Waals surface area contributed by atoms with E-state index < -0.39 is 0 Å². The van der Waals surface area contributed by atoms with E-state index in [0.29, 0.717) is 6.61 Å². The molecule has 124 valence electrons. The molecular formula is C17H23N3O2S. The van der Waals surface area contributed by atoms with Gasteiger partial charge in [0.05, 0.1) is 25.9 Å². The van der Waals surface area contributed by atoms with Crippen LogP contribution in [0.3, 0.4) is 0 Å². The molecule has 2 aliphatic rings. The first kappa shape index (κ1) is 15.3. The molecule has 2 fully saturated rings. The Bertz CT molecular complexity index is 601. The van der Waals surface area contributed by atoms with Gasteiger partial charge in [0, 0.05) is 32.0 Å². The van der Waals surface area contributed by atoms with Gasteiger partial charge < -0.3 is 9.47 Å². The first-order valence-electron chi connectivity index (χ1n) is 8.28. The number of nitrogens with zero attached hydrogens (tertiary/aromatic N) is 3. The third-order valence-corrected chi connectivity index (χ3v) is 5.44. The van der Waals surface area contributed by atoms with Crippen LogP contribution in [0, 0.1) is 0 Å². The van der Waals surface area contributed by atoms with Gasteiger partial charge in [-0.3, -0.25) is 9.58 Å². The molecule has 0 saturated carbocycles. The van der Waals surface area contributed by atoms with E-state index in [-0.39, 0.29) is 11.7 Å². The summed E-state index contributed by atoms with van der Waals surface area (Å²) in [5, 5.41) is 8.67. The lowest BCUT2D eigenvalue weighted by Crippen LogP contribution is -2.44. The molecule has 0 N–H and O–H groups in total. The third-order valence-electron chi connectivity index (χ3n) is 4.70. The standard InChI is InChI=1S/C17H23N3O2S/c1-5-18-20(6-1)11-16-2-4-17(22-16)13-19(7-8-21-14-17)10-15-3-9-23-12-15/h1,3,5-6,9,12,16H,2,4,7-8,10-11,13-14H2. The highest BCUT2D eigenvalue weighted by molar-refractivity contribution is 7.07. The van der Waals surface area contributed by atoms with Gasteiger partial charge in [-0.1, -0.05) is 0 Å². The van der Waals surface area contributed by atoms with Crippen LogP contribution in [-0.2, 0) is 22.6 Å². The highest BCUT2D eigenvalue weighted by atomic mass is 32.1. The minimum atomic E-state index is -0.148. The van der Waals surface area contributed by atoms with Crippen molar-refractivity contribution in [3.8, 4) is 0 Å². The smallest absolute Gasteiger partial charge is 0.105 e. The molecule has 1 spiro atoms. The Morgan fingerprint density at radius 3 is 3.26 bits per heavy atom. The Balaban J connectivity index is 1.40. The minimum absolute atomic E-state index is 0.148. The molecule has 0 aliphatic carbocycles. The molecule has 6 heteroatoms. The van der Waals surface area contributed by atoms with Crippen LogP contribution in [0.15, 0.2) is 35.3 Å². The molecule has 2 saturated heterocycles. The van der Waals surface area contributed by atoms with Gasteiger partial charge >= 0.3 is 0 Å². The van der Waals surface area contributed by atoms with Crippen molar-refractivity contribution in [3.05, 3.63) is 40.8 Å². The van der Waals surface area contributed by atoms with Crippen molar-refractivity contribution in [2.75, 3.05) is 26.3 Å². The van der Waals surface area contributed by atoms with E-state index in [1.807, 2.05) is 23.1 Å². The highest BCUT2D eigenvalue weighted by Crippen LogP contribution is 2.34. The molecule has 2 atom stereocenters. The second kappa shape index (κ2) is 6.73. The Hall–Kier alpha value is -1.21. The summed E-state index contributed by atoms with van der Waals surface area (Å²) in [6.07, 6.45) is 6.21. The lowest BCUT2D eigenvalue weighted by atomic mass is 10.00. The van der Waals surface area contributed by atoms with Gasteiger partial charge in [-0.15, -0.1) is 0 Å². The Morgan fingerprint density at radius 1 is 1.43 bits per heavy atom. The molecule has 5 nitrogen and oxygen atoms in total. The van der Waals surface area contributed by atoms with Crippen LogP contribution < -0.4 is 0 Å². The zero-order valence-electron chi connectivity index (χ0n) is 13.3. The van der Waals surface area contributed by atoms with Crippen molar-refractivity contribution in [3.63, 3.8) is 0 Å². The maximum atomic E-state index is 6.47. The van der Waals surface area contributed by atoms with E-state index in [2.05, 4.69) is 26.8 Å². The van der Waals surface area contributed by atoms with Crippen LogP contribution in [0.25, 0.3) is 0 Å². The van der Waals surface area contributed by atoms with Gasteiger partial charge in [-0.2, -0.15) is 16.4 Å². The summed E-state index contributed by atoms with van der Waals surface area (Å²) in [4.78, 5) is 2.48. The fraction of sp³-hybridized carbons (Fsp3) is 0.588. The first-order chi connectivity index (χ1) is 11.3. The van der Waals surface area contributed by atoms with E-state index >= 15 is 0 Å². The van der Waals surface area contributed by atoms with Gasteiger partial charge in [-0.25, -0.2) is 0 Å². The molecule has 0 bridgehead atoms. The average molecular weight is 333 g/mol. The van der Waals surface area contributed by atoms with Gasteiger partial charge in [0.2, 0.25) is 0 Å². The van der Waals surface area contributed by atoms with Crippen LogP contribution in [0.4, 0.5) is 0 Å². The van der Waals surface area contributed by atoms with E-state index in [0.717, 1.165) is 45.6 Å². The van der Waals surface area contributed by atoms with Crippen molar-refractivity contribution in [2.24, 2.45) is 0 Å². The molecule has 2 aliphatic heterocycles. The molecule has 0 radical (unpaired) electrons. The zero-order chi connectivity index (χ0) is 15.5. The van der Waals surface area contributed by atoms with E-state index in [4.69, 9.17) is 9.47 Å². The molecular weight excluding hydrogens is 310 g/mol. The molecule has 2 aromatic rings. The number of thiophene rings is 1. The molecule has 2 aromatic heterocycles. The lowest BCUT2D eigenvalue weighted by Gasteiger charge is -2.31. The van der Waals surface area contributed by atoms with Crippen molar-refractivity contribution in [1.82, 2.24) is 14.7 Å². The molecule has 23 heavy (non-hydrogen) atoms. The maximum absolute atomic E-state index is 6.47. The van der Waals surface area contributed by atoms with Crippen molar-refractivity contribution in [1.29, 1.82) is 0 Å². The average Bonchev–Trinajstić information content (AvgIpc) is 3.25. The van der Waals surface area contributed by atoms with Gasteiger partial charge in [0.15, 0.2) is 0 Å². The highest BCUT2D eigenvalue weighted by Gasteiger charge is 2.43. The van der Waals surface area contributed by atoms with Crippen LogP contribution >= 0.6 is 11.3 Å². The van der Waals surface area contributed by atoms with E-state index in [1.54, 1.807) is 11.3 Å². The predicted molar refractivity (Wildman–Crippen MR) is 89.5 cm³/mol. The summed E-state index contributed by atoms with van der Waals surface area (Å²) in [6, 6.07) is 4.17. The number of hydrogen-bond donors (Lipinski definition) is 0. The Labute approximate surface area is 140 Å². The summed E-state index contributed by atoms with van der Waals surface area (Å²) in [5.41, 5.74) is 1.24. The van der Waals surface area contributed by atoms with E-state index in [9.17, 15) is 0 Å². The topological polar surface area (TPSA) is 39.5 Å². The lowest BCUT2D eigenvalue weighted by molar-refractivity contribution is -0.0904. The third kappa shape index (κ3) is 3.66. The maximum Gasteiger partial charge on any atom is 0.105 e. The van der Waals surface area contributed by atoms with Gasteiger partial charge in [-0.05, 0) is 41.3 Å². The Kier molecular flexibility index (Phi) is 4.48. The largest absolute Gasteiger partial charge is 0.377 e. The van der Waals surface area contributed by atoms with Crippen LogP contribution in [0.5, 0.6) is 0 Å². The fourth-order valence-corrected chi connectivity index (χ4v) is 4.28. The van der Waals surface area contributed by atoms with Crippen LogP contribution in [0.2, 0.25) is 0 Å². The van der Waals surface area contributed by atoms with Crippen LogP contribution in [-0.4, -0.2) is 52.7 Å². The Morgan fingerprint density at radius 2 is 2.43 bits per heavy atom. The zero-order valence-corrected chi connectivity index (χ0v) is 14.1. The first-order valence-corrected chi connectivity index (χ1v) is 9.22. The molecule has 4 heterocycles. The molecule has 2 unspecified atom stereocenters. The summed E-state index contributed by atoms with van der Waals surface area (Å²) in [6.45, 7) is 5.26. The number of hydrogen-bond acceptors (Lipinski definition) is 5. The minimum Gasteiger partial charge on any atom is -0.377 e. The number of rotatable bonds is 4. The predicted octanol–water partition coefficient (Wildman–Crippen LogP) is 2.39. The summed E-state index contributed by atoms with van der Waals surface area (Å²) in [7, 11) is 0. The molecule has 0 aromatic carbocycles. The molecule has 4 rings (SSSR count). The van der Waals surface area contributed by atoms with Crippen molar-refractivity contribution in [2.45, 2.75) is 37.6 Å². The summed E-state index contributed by atoms with van der Waals surface area (Å²) in [5.74, 6) is 0. The second-order valence-electron chi connectivity index (χ2n) is 6.58. The van der Waals surface area contributed by atoms with Crippen LogP contribution in [0.1, 0.15) is 18.4 Å². The second-order valence-corrected chi connectivity index (χ2v) is 7.36. The SMILES string of the molecule is c1cnn(CC2CCC3(COCCN(Cc4ccsc4)C3)O2)c1. The summed E-state index contributed by atoms with van der Waals surface area (Å²) < 4.78 is 14.3. The fourth-order valence-electron chi connectivity index (χ4n) is 3.62. The van der Waals surface area contributed by atoms with Crippen molar-refractivity contribution < 1.29 is 9.47 Å². The number of aromatic nitrogens is 2. The normalized spacial score (nSPS) is 29.1. The summed E-state index contributed by atoms with van der Waals surface area (Å²) >= 11 is 1.76.